The number of hydrogen-bond donors (Lipinski definition) is 0. The molecule has 0 radical (unpaired) electrons. The maximum absolute atomic E-state index is 12.9. The van der Waals surface area contributed by atoms with Gasteiger partial charge in [0, 0.05) is 0 Å². The third kappa shape index (κ3) is 2.57. The Morgan fingerprint density at radius 3 is 2.40 bits per heavy atom. The van der Waals surface area contributed by atoms with Crippen LogP contribution in [0.15, 0.2) is 24.3 Å². The Labute approximate surface area is 147 Å². The molecule has 5 heteroatoms. The Kier molecular flexibility index (Phi) is 3.89. The summed E-state index contributed by atoms with van der Waals surface area (Å²) in [7, 11) is 0. The molecule has 0 spiro atoms. The molecule has 1 aliphatic heterocycles. The zero-order valence-electron chi connectivity index (χ0n) is 14.6. The van der Waals surface area contributed by atoms with Gasteiger partial charge in [-0.25, -0.2) is 4.79 Å². The van der Waals surface area contributed by atoms with E-state index in [1.165, 1.54) is 4.90 Å². The summed E-state index contributed by atoms with van der Waals surface area (Å²) in [6, 6.07) is 6.67. The monoisotopic (exact) mass is 341 g/mol. The Hall–Kier alpha value is -2.17. The van der Waals surface area contributed by atoms with Crippen molar-refractivity contribution in [1.82, 2.24) is 0 Å². The van der Waals surface area contributed by atoms with Crippen molar-refractivity contribution in [3.8, 4) is 0 Å². The standard InChI is InChI=1S/C20H23NO4/c1-11(2)10-25-20(24)14-4-3-5-15(9-14)21-18(22)16-12-6-7-13(8-12)17(16)19(21)23/h3-5,9,11-13,16-17H,6-8,10H2,1-2H3/t12-,13+,16-,17-/m0/s1. The fourth-order valence-corrected chi connectivity index (χ4v) is 4.76. The van der Waals surface area contributed by atoms with Crippen molar-refractivity contribution in [3.05, 3.63) is 29.8 Å². The molecule has 1 heterocycles. The molecule has 2 aliphatic carbocycles. The zero-order valence-corrected chi connectivity index (χ0v) is 14.6. The molecule has 4 atom stereocenters. The summed E-state index contributed by atoms with van der Waals surface area (Å²) in [6.45, 7) is 4.29. The fraction of sp³-hybridized carbons (Fsp3) is 0.550. The van der Waals surface area contributed by atoms with Gasteiger partial charge in [-0.3, -0.25) is 14.5 Å². The first-order chi connectivity index (χ1) is 12.0. The number of amides is 2. The summed E-state index contributed by atoms with van der Waals surface area (Å²) in [5.41, 5.74) is 0.863. The first-order valence-corrected chi connectivity index (χ1v) is 9.12. The third-order valence-electron chi connectivity index (χ3n) is 5.82. The number of nitrogens with zero attached hydrogens (tertiary/aromatic N) is 1. The smallest absolute Gasteiger partial charge is 0.338 e. The first kappa shape index (κ1) is 16.3. The van der Waals surface area contributed by atoms with Gasteiger partial charge in [-0.2, -0.15) is 0 Å². The van der Waals surface area contributed by atoms with E-state index in [0.29, 0.717) is 29.7 Å². The quantitative estimate of drug-likeness (QED) is 0.624. The van der Waals surface area contributed by atoms with Crippen molar-refractivity contribution in [2.75, 3.05) is 11.5 Å². The van der Waals surface area contributed by atoms with Crippen LogP contribution in [0.1, 0.15) is 43.5 Å². The number of esters is 1. The normalized spacial score (nSPS) is 30.3. The minimum absolute atomic E-state index is 0.0881. The van der Waals surface area contributed by atoms with Crippen LogP contribution in [0.2, 0.25) is 0 Å². The molecule has 3 fully saturated rings. The summed E-state index contributed by atoms with van der Waals surface area (Å²) in [6.07, 6.45) is 3.13. The molecule has 3 aliphatic rings. The van der Waals surface area contributed by atoms with Gasteiger partial charge < -0.3 is 4.74 Å². The van der Waals surface area contributed by atoms with Crippen LogP contribution in [0.4, 0.5) is 5.69 Å². The van der Waals surface area contributed by atoms with E-state index in [9.17, 15) is 14.4 Å². The van der Waals surface area contributed by atoms with E-state index in [-0.39, 0.29) is 29.6 Å². The molecule has 2 bridgehead atoms. The molecule has 0 unspecified atom stereocenters. The van der Waals surface area contributed by atoms with E-state index in [0.717, 1.165) is 19.3 Å². The van der Waals surface area contributed by atoms with Crippen molar-refractivity contribution in [2.45, 2.75) is 33.1 Å². The Morgan fingerprint density at radius 2 is 1.80 bits per heavy atom. The molecule has 1 saturated heterocycles. The molecule has 5 nitrogen and oxygen atoms in total. The average Bonchev–Trinajstić information content (AvgIpc) is 3.26. The number of carbonyl (C=O) groups excluding carboxylic acids is 3. The Bertz CT molecular complexity index is 713. The third-order valence-corrected chi connectivity index (χ3v) is 5.82. The van der Waals surface area contributed by atoms with Crippen molar-refractivity contribution in [2.24, 2.45) is 29.6 Å². The number of hydrogen-bond acceptors (Lipinski definition) is 4. The lowest BCUT2D eigenvalue weighted by molar-refractivity contribution is -0.123. The molecule has 25 heavy (non-hydrogen) atoms. The predicted octanol–water partition coefficient (Wildman–Crippen LogP) is 3.03. The van der Waals surface area contributed by atoms with Crippen molar-refractivity contribution in [1.29, 1.82) is 0 Å². The summed E-state index contributed by atoms with van der Waals surface area (Å²) in [4.78, 5) is 39.2. The average molecular weight is 341 g/mol. The topological polar surface area (TPSA) is 63.7 Å². The van der Waals surface area contributed by atoms with Crippen LogP contribution >= 0.6 is 0 Å². The highest BCUT2D eigenvalue weighted by molar-refractivity contribution is 6.22. The van der Waals surface area contributed by atoms with Gasteiger partial charge in [0.25, 0.3) is 0 Å². The molecular formula is C20H23NO4. The van der Waals surface area contributed by atoms with Crippen LogP contribution in [0.5, 0.6) is 0 Å². The molecule has 2 amide bonds. The Morgan fingerprint density at radius 1 is 1.16 bits per heavy atom. The molecule has 0 N–H and O–H groups in total. The van der Waals surface area contributed by atoms with Crippen LogP contribution in [0.25, 0.3) is 0 Å². The summed E-state index contributed by atoms with van der Waals surface area (Å²) < 4.78 is 5.25. The van der Waals surface area contributed by atoms with Crippen molar-refractivity contribution in [3.63, 3.8) is 0 Å². The van der Waals surface area contributed by atoms with Crippen LogP contribution in [-0.4, -0.2) is 24.4 Å². The van der Waals surface area contributed by atoms with Gasteiger partial charge in [0.1, 0.15) is 0 Å². The predicted molar refractivity (Wildman–Crippen MR) is 91.9 cm³/mol. The van der Waals surface area contributed by atoms with Gasteiger partial charge in [0.15, 0.2) is 0 Å². The highest BCUT2D eigenvalue weighted by Crippen LogP contribution is 2.56. The maximum Gasteiger partial charge on any atom is 0.338 e. The van der Waals surface area contributed by atoms with E-state index >= 15 is 0 Å². The molecule has 132 valence electrons. The lowest BCUT2D eigenvalue weighted by atomic mass is 9.81. The number of fused-ring (bicyclic) bond motifs is 5. The molecule has 4 rings (SSSR count). The Balaban J connectivity index is 1.58. The maximum atomic E-state index is 12.9. The minimum atomic E-state index is -0.421. The summed E-state index contributed by atoms with van der Waals surface area (Å²) >= 11 is 0. The second-order valence-corrected chi connectivity index (χ2v) is 7.94. The lowest BCUT2D eigenvalue weighted by Gasteiger charge is -2.19. The molecule has 1 aromatic carbocycles. The molecular weight excluding hydrogens is 318 g/mol. The number of anilines is 1. The minimum Gasteiger partial charge on any atom is -0.462 e. The lowest BCUT2D eigenvalue weighted by Crippen LogP contribution is -2.32. The number of carbonyl (C=O) groups is 3. The zero-order chi connectivity index (χ0) is 17.7. The number of ether oxygens (including phenoxy) is 1. The van der Waals surface area contributed by atoms with Gasteiger partial charge in [0.2, 0.25) is 11.8 Å². The number of imide groups is 1. The van der Waals surface area contributed by atoms with Crippen molar-refractivity contribution >= 4 is 23.5 Å². The fourth-order valence-electron chi connectivity index (χ4n) is 4.76. The largest absolute Gasteiger partial charge is 0.462 e. The second kappa shape index (κ2) is 5.97. The van der Waals surface area contributed by atoms with E-state index in [1.54, 1.807) is 24.3 Å². The van der Waals surface area contributed by atoms with Crippen LogP contribution in [0.3, 0.4) is 0 Å². The van der Waals surface area contributed by atoms with Gasteiger partial charge in [-0.15, -0.1) is 0 Å². The van der Waals surface area contributed by atoms with Gasteiger partial charge in [-0.05, 0) is 55.2 Å². The van der Waals surface area contributed by atoms with E-state index in [4.69, 9.17) is 4.74 Å². The number of benzene rings is 1. The van der Waals surface area contributed by atoms with E-state index < -0.39 is 5.97 Å². The first-order valence-electron chi connectivity index (χ1n) is 9.12. The van der Waals surface area contributed by atoms with Gasteiger partial charge >= 0.3 is 5.97 Å². The van der Waals surface area contributed by atoms with E-state index in [2.05, 4.69) is 0 Å². The summed E-state index contributed by atoms with van der Waals surface area (Å²) in [5.74, 6) is 0.0697. The van der Waals surface area contributed by atoms with Crippen LogP contribution < -0.4 is 4.90 Å². The van der Waals surface area contributed by atoms with E-state index in [1.807, 2.05) is 13.8 Å². The van der Waals surface area contributed by atoms with Crippen LogP contribution in [0, 0.1) is 29.6 Å². The van der Waals surface area contributed by atoms with Crippen molar-refractivity contribution < 1.29 is 19.1 Å². The van der Waals surface area contributed by atoms with Crippen LogP contribution in [-0.2, 0) is 14.3 Å². The SMILES string of the molecule is CC(C)COC(=O)c1cccc(N2C(=O)[C@H]3[C@@H]4CC[C@@H](C4)[C@@H]3C2=O)c1. The highest BCUT2D eigenvalue weighted by atomic mass is 16.5. The second-order valence-electron chi connectivity index (χ2n) is 7.94. The molecule has 1 aromatic rings. The number of rotatable bonds is 4. The molecule has 2 saturated carbocycles. The van der Waals surface area contributed by atoms with Gasteiger partial charge in [0.05, 0.1) is 29.7 Å². The molecule has 0 aromatic heterocycles. The highest BCUT2D eigenvalue weighted by Gasteiger charge is 2.61. The summed E-state index contributed by atoms with van der Waals surface area (Å²) in [5, 5.41) is 0. The van der Waals surface area contributed by atoms with Gasteiger partial charge in [-0.1, -0.05) is 19.9 Å².